The van der Waals surface area contributed by atoms with Crippen molar-refractivity contribution in [3.63, 3.8) is 0 Å². The minimum absolute atomic E-state index is 0.00954. The summed E-state index contributed by atoms with van der Waals surface area (Å²) in [7, 11) is -3.13. The second-order valence-electron chi connectivity index (χ2n) is 5.86. The van der Waals surface area contributed by atoms with Crippen molar-refractivity contribution >= 4 is 9.84 Å². The third-order valence-electron chi connectivity index (χ3n) is 3.29. The predicted octanol–water partition coefficient (Wildman–Crippen LogP) is 3.07. The number of ether oxygens (including phenoxy) is 1. The lowest BCUT2D eigenvalue weighted by Gasteiger charge is -2.14. The van der Waals surface area contributed by atoms with Gasteiger partial charge in [-0.05, 0) is 43.9 Å². The van der Waals surface area contributed by atoms with Crippen molar-refractivity contribution in [1.82, 2.24) is 0 Å². The van der Waals surface area contributed by atoms with E-state index in [0.717, 1.165) is 5.56 Å². The highest BCUT2D eigenvalue weighted by molar-refractivity contribution is 7.90. The molecule has 1 aromatic rings. The zero-order valence-corrected chi connectivity index (χ0v) is 14.2. The van der Waals surface area contributed by atoms with Crippen molar-refractivity contribution in [2.24, 2.45) is 11.7 Å². The van der Waals surface area contributed by atoms with Crippen LogP contribution < -0.4 is 10.5 Å². The summed E-state index contributed by atoms with van der Waals surface area (Å²) < 4.78 is 30.0. The third-order valence-corrected chi connectivity index (χ3v) is 4.90. The van der Waals surface area contributed by atoms with Crippen LogP contribution in [0.5, 0.6) is 5.75 Å². The lowest BCUT2D eigenvalue weighted by atomic mass is 10.1. The minimum atomic E-state index is -3.13. The van der Waals surface area contributed by atoms with Gasteiger partial charge >= 0.3 is 0 Å². The van der Waals surface area contributed by atoms with Gasteiger partial charge in [0.05, 0.1) is 18.1 Å². The second kappa shape index (κ2) is 7.80. The highest BCUT2D eigenvalue weighted by atomic mass is 32.2. The van der Waals surface area contributed by atoms with Crippen LogP contribution in [0, 0.1) is 5.92 Å². The van der Waals surface area contributed by atoms with Crippen molar-refractivity contribution in [3.8, 4) is 5.75 Å². The van der Waals surface area contributed by atoms with Crippen molar-refractivity contribution in [2.75, 3.05) is 12.4 Å². The maximum absolute atomic E-state index is 12.3. The molecule has 0 aliphatic carbocycles. The second-order valence-corrected chi connectivity index (χ2v) is 8.05. The molecule has 0 spiro atoms. The van der Waals surface area contributed by atoms with Crippen molar-refractivity contribution < 1.29 is 13.2 Å². The Balaban J connectivity index is 3.00. The first kappa shape index (κ1) is 18.0. The molecule has 1 atom stereocenters. The summed E-state index contributed by atoms with van der Waals surface area (Å²) in [5, 5.41) is 0. The number of hydrogen-bond donors (Lipinski definition) is 1. The lowest BCUT2D eigenvalue weighted by molar-refractivity contribution is 0.337. The maximum atomic E-state index is 12.3. The van der Waals surface area contributed by atoms with Gasteiger partial charge in [-0.3, -0.25) is 0 Å². The molecule has 0 saturated carbocycles. The van der Waals surface area contributed by atoms with Gasteiger partial charge in [0.15, 0.2) is 9.84 Å². The molecule has 1 rings (SSSR count). The van der Waals surface area contributed by atoms with Crippen LogP contribution in [0.25, 0.3) is 0 Å². The molecule has 0 bridgehead atoms. The molecule has 21 heavy (non-hydrogen) atoms. The number of sulfone groups is 1. The lowest BCUT2D eigenvalue weighted by Crippen LogP contribution is -2.13. The highest BCUT2D eigenvalue weighted by Gasteiger charge is 2.17. The van der Waals surface area contributed by atoms with E-state index in [0.29, 0.717) is 30.3 Å². The average molecular weight is 313 g/mol. The molecule has 4 nitrogen and oxygen atoms in total. The van der Waals surface area contributed by atoms with Crippen LogP contribution >= 0.6 is 0 Å². The maximum Gasteiger partial charge on any atom is 0.154 e. The van der Waals surface area contributed by atoms with Crippen molar-refractivity contribution in [2.45, 2.75) is 45.9 Å². The Morgan fingerprint density at radius 1 is 1.24 bits per heavy atom. The Morgan fingerprint density at radius 2 is 1.90 bits per heavy atom. The summed E-state index contributed by atoms with van der Waals surface area (Å²) >= 11 is 0. The molecule has 0 heterocycles. The van der Waals surface area contributed by atoms with E-state index in [-0.39, 0.29) is 17.5 Å². The van der Waals surface area contributed by atoms with E-state index in [1.54, 1.807) is 0 Å². The minimum Gasteiger partial charge on any atom is -0.494 e. The molecule has 0 aliphatic heterocycles. The Hall–Kier alpha value is -1.07. The van der Waals surface area contributed by atoms with E-state index in [2.05, 4.69) is 0 Å². The van der Waals surface area contributed by atoms with E-state index in [1.165, 1.54) is 0 Å². The summed E-state index contributed by atoms with van der Waals surface area (Å²) in [4.78, 5) is 0. The molecule has 0 saturated heterocycles. The molecular weight excluding hydrogens is 286 g/mol. The zero-order valence-electron chi connectivity index (χ0n) is 13.4. The standard InChI is InChI=1S/C16H27NO3S/c1-5-20-16-7-6-14(13(4)17)10-15(16)11-21(18,19)9-8-12(2)3/h6-7,10,12-13H,5,8-9,11,17H2,1-4H3. The van der Waals surface area contributed by atoms with Crippen LogP contribution in [0.4, 0.5) is 0 Å². The Morgan fingerprint density at radius 3 is 2.43 bits per heavy atom. The molecule has 5 heteroatoms. The summed E-state index contributed by atoms with van der Waals surface area (Å²) in [5.74, 6) is 1.23. The van der Waals surface area contributed by atoms with Crippen LogP contribution in [0.3, 0.4) is 0 Å². The molecule has 1 aromatic carbocycles. The Labute approximate surface area is 128 Å². The van der Waals surface area contributed by atoms with Crippen LogP contribution in [0.15, 0.2) is 18.2 Å². The number of benzene rings is 1. The average Bonchev–Trinajstić information content (AvgIpc) is 2.38. The van der Waals surface area contributed by atoms with E-state index < -0.39 is 9.84 Å². The van der Waals surface area contributed by atoms with Gasteiger partial charge in [-0.2, -0.15) is 0 Å². The van der Waals surface area contributed by atoms with Crippen LogP contribution in [0.1, 0.15) is 51.3 Å². The van der Waals surface area contributed by atoms with Gasteiger partial charge in [0.2, 0.25) is 0 Å². The highest BCUT2D eigenvalue weighted by Crippen LogP contribution is 2.25. The molecule has 0 aliphatic rings. The van der Waals surface area contributed by atoms with E-state index in [9.17, 15) is 8.42 Å². The van der Waals surface area contributed by atoms with E-state index in [1.807, 2.05) is 45.9 Å². The van der Waals surface area contributed by atoms with Crippen LogP contribution in [-0.4, -0.2) is 20.8 Å². The number of nitrogens with two attached hydrogens (primary N) is 1. The summed E-state index contributed by atoms with van der Waals surface area (Å²) in [5.41, 5.74) is 7.51. The van der Waals surface area contributed by atoms with Gasteiger partial charge in [-0.1, -0.05) is 19.9 Å². The predicted molar refractivity (Wildman–Crippen MR) is 87.2 cm³/mol. The quantitative estimate of drug-likeness (QED) is 0.801. The molecule has 2 N–H and O–H groups in total. The Kier molecular flexibility index (Phi) is 6.68. The van der Waals surface area contributed by atoms with Crippen LogP contribution in [-0.2, 0) is 15.6 Å². The zero-order chi connectivity index (χ0) is 16.0. The van der Waals surface area contributed by atoms with E-state index in [4.69, 9.17) is 10.5 Å². The van der Waals surface area contributed by atoms with Gasteiger partial charge in [-0.25, -0.2) is 8.42 Å². The first-order chi connectivity index (χ1) is 9.75. The molecule has 0 amide bonds. The molecule has 120 valence electrons. The third kappa shape index (κ3) is 6.06. The fourth-order valence-electron chi connectivity index (χ4n) is 2.02. The number of hydrogen-bond acceptors (Lipinski definition) is 4. The molecule has 1 unspecified atom stereocenters. The normalized spacial score (nSPS) is 13.4. The van der Waals surface area contributed by atoms with Gasteiger partial charge in [0.25, 0.3) is 0 Å². The largest absolute Gasteiger partial charge is 0.494 e. The first-order valence-corrected chi connectivity index (χ1v) is 9.29. The monoisotopic (exact) mass is 313 g/mol. The van der Waals surface area contributed by atoms with Crippen molar-refractivity contribution in [1.29, 1.82) is 0 Å². The SMILES string of the molecule is CCOc1ccc(C(C)N)cc1CS(=O)(=O)CCC(C)C. The topological polar surface area (TPSA) is 69.4 Å². The van der Waals surface area contributed by atoms with Crippen molar-refractivity contribution in [3.05, 3.63) is 29.3 Å². The summed E-state index contributed by atoms with van der Waals surface area (Å²) in [6, 6.07) is 5.43. The number of rotatable bonds is 8. The molecular formula is C16H27NO3S. The van der Waals surface area contributed by atoms with E-state index >= 15 is 0 Å². The summed E-state index contributed by atoms with van der Waals surface area (Å²) in [6.07, 6.45) is 0.680. The Bertz CT molecular complexity index is 551. The smallest absolute Gasteiger partial charge is 0.154 e. The fourth-order valence-corrected chi connectivity index (χ4v) is 3.69. The first-order valence-electron chi connectivity index (χ1n) is 7.46. The fraction of sp³-hybridized carbons (Fsp3) is 0.625. The van der Waals surface area contributed by atoms with Crippen LogP contribution in [0.2, 0.25) is 0 Å². The molecule has 0 fully saturated rings. The van der Waals surface area contributed by atoms with Gasteiger partial charge in [-0.15, -0.1) is 0 Å². The molecule has 0 aromatic heterocycles. The van der Waals surface area contributed by atoms with Gasteiger partial charge in [0.1, 0.15) is 5.75 Å². The van der Waals surface area contributed by atoms with Gasteiger partial charge in [0, 0.05) is 11.6 Å². The summed E-state index contributed by atoms with van der Waals surface area (Å²) in [6.45, 7) is 8.33. The van der Waals surface area contributed by atoms with Gasteiger partial charge < -0.3 is 10.5 Å². The molecule has 0 radical (unpaired) electrons.